The van der Waals surface area contributed by atoms with Crippen molar-refractivity contribution >= 4 is 17.3 Å². The van der Waals surface area contributed by atoms with E-state index in [-0.39, 0.29) is 5.91 Å². The van der Waals surface area contributed by atoms with Gasteiger partial charge in [0, 0.05) is 17.8 Å². The highest BCUT2D eigenvalue weighted by molar-refractivity contribution is 5.92. The maximum Gasteiger partial charge on any atom is 0.224 e. The average molecular weight is 234 g/mol. The number of nitrogens with one attached hydrogen (secondary N) is 1. The lowest BCUT2D eigenvalue weighted by molar-refractivity contribution is -0.116. The zero-order valence-electron chi connectivity index (χ0n) is 11.1. The van der Waals surface area contributed by atoms with Gasteiger partial charge in [-0.15, -0.1) is 0 Å². The van der Waals surface area contributed by atoms with Crippen LogP contribution in [0.2, 0.25) is 0 Å². The smallest absolute Gasteiger partial charge is 0.224 e. The van der Waals surface area contributed by atoms with Gasteiger partial charge in [-0.05, 0) is 35.6 Å². The summed E-state index contributed by atoms with van der Waals surface area (Å²) in [6, 6.07) is 5.62. The van der Waals surface area contributed by atoms with E-state index in [1.807, 2.05) is 32.0 Å². The number of hydrogen-bond donors (Lipinski definition) is 2. The molecule has 0 aliphatic carbocycles. The summed E-state index contributed by atoms with van der Waals surface area (Å²) in [4.78, 5) is 11.7. The van der Waals surface area contributed by atoms with Crippen molar-refractivity contribution in [3.05, 3.63) is 23.8 Å². The summed E-state index contributed by atoms with van der Waals surface area (Å²) in [5.74, 6) is 0.769. The molecule has 1 rings (SSSR count). The van der Waals surface area contributed by atoms with Gasteiger partial charge in [0.2, 0.25) is 5.91 Å². The molecule has 1 aromatic carbocycles. The van der Waals surface area contributed by atoms with E-state index in [9.17, 15) is 4.79 Å². The molecule has 0 bridgehead atoms. The molecule has 0 saturated carbocycles. The van der Waals surface area contributed by atoms with E-state index < -0.39 is 0 Å². The van der Waals surface area contributed by atoms with Crippen molar-refractivity contribution in [1.29, 1.82) is 0 Å². The minimum Gasteiger partial charge on any atom is -0.399 e. The van der Waals surface area contributed by atoms with E-state index in [1.54, 1.807) is 0 Å². The van der Waals surface area contributed by atoms with Gasteiger partial charge in [-0.2, -0.15) is 0 Å². The SMILES string of the molecule is CC(C)CC(=O)Nc1ccc(N)cc1C(C)C. The Morgan fingerprint density at radius 3 is 2.47 bits per heavy atom. The molecule has 3 N–H and O–H groups in total. The lowest BCUT2D eigenvalue weighted by atomic mass is 10.00. The van der Waals surface area contributed by atoms with E-state index in [4.69, 9.17) is 5.73 Å². The molecular weight excluding hydrogens is 212 g/mol. The Bertz CT molecular complexity index is 397. The van der Waals surface area contributed by atoms with Gasteiger partial charge in [0.25, 0.3) is 0 Å². The normalized spacial score (nSPS) is 10.9. The number of carbonyl (C=O) groups excluding carboxylic acids is 1. The molecule has 0 fully saturated rings. The van der Waals surface area contributed by atoms with Gasteiger partial charge in [-0.25, -0.2) is 0 Å². The molecule has 1 aromatic rings. The number of hydrogen-bond acceptors (Lipinski definition) is 2. The molecule has 0 radical (unpaired) electrons. The Morgan fingerprint density at radius 1 is 1.29 bits per heavy atom. The van der Waals surface area contributed by atoms with Crippen molar-refractivity contribution in [2.24, 2.45) is 5.92 Å². The fourth-order valence-corrected chi connectivity index (χ4v) is 1.74. The highest BCUT2D eigenvalue weighted by Gasteiger charge is 2.11. The predicted octanol–water partition coefficient (Wildman–Crippen LogP) is 3.38. The van der Waals surface area contributed by atoms with E-state index in [0.29, 0.717) is 18.3 Å². The minimum absolute atomic E-state index is 0.0617. The molecule has 0 saturated heterocycles. The van der Waals surface area contributed by atoms with Crippen molar-refractivity contribution in [1.82, 2.24) is 0 Å². The fraction of sp³-hybridized carbons (Fsp3) is 0.500. The Morgan fingerprint density at radius 2 is 1.94 bits per heavy atom. The summed E-state index contributed by atoms with van der Waals surface area (Å²) < 4.78 is 0. The van der Waals surface area contributed by atoms with E-state index in [1.165, 1.54) is 0 Å². The quantitative estimate of drug-likeness (QED) is 0.785. The van der Waals surface area contributed by atoms with Crippen LogP contribution in [0.25, 0.3) is 0 Å². The molecule has 0 atom stereocenters. The second kappa shape index (κ2) is 5.71. The van der Waals surface area contributed by atoms with Crippen LogP contribution in [0.5, 0.6) is 0 Å². The topological polar surface area (TPSA) is 55.1 Å². The van der Waals surface area contributed by atoms with Crippen LogP contribution in [0.4, 0.5) is 11.4 Å². The summed E-state index contributed by atoms with van der Waals surface area (Å²) >= 11 is 0. The number of nitrogens with two attached hydrogens (primary N) is 1. The summed E-state index contributed by atoms with van der Waals surface area (Å²) in [6.07, 6.45) is 0.544. The van der Waals surface area contributed by atoms with Gasteiger partial charge in [-0.3, -0.25) is 4.79 Å². The molecular formula is C14H22N2O. The molecule has 3 heteroatoms. The van der Waals surface area contributed by atoms with Crippen LogP contribution >= 0.6 is 0 Å². The first-order chi connectivity index (χ1) is 7.90. The maximum absolute atomic E-state index is 11.7. The van der Waals surface area contributed by atoms with E-state index in [2.05, 4.69) is 19.2 Å². The van der Waals surface area contributed by atoms with Crippen LogP contribution in [0.1, 0.15) is 45.6 Å². The molecule has 0 spiro atoms. The molecule has 3 nitrogen and oxygen atoms in total. The fourth-order valence-electron chi connectivity index (χ4n) is 1.74. The second-order valence-electron chi connectivity index (χ2n) is 5.15. The molecule has 1 amide bonds. The number of amides is 1. The van der Waals surface area contributed by atoms with Gasteiger partial charge < -0.3 is 11.1 Å². The van der Waals surface area contributed by atoms with Gasteiger partial charge in [0.15, 0.2) is 0 Å². The summed E-state index contributed by atoms with van der Waals surface area (Å²) in [7, 11) is 0. The molecule has 94 valence electrons. The maximum atomic E-state index is 11.7. The van der Waals surface area contributed by atoms with Crippen molar-refractivity contribution in [2.75, 3.05) is 11.1 Å². The van der Waals surface area contributed by atoms with Crippen LogP contribution in [0.15, 0.2) is 18.2 Å². The van der Waals surface area contributed by atoms with Crippen LogP contribution < -0.4 is 11.1 Å². The molecule has 0 unspecified atom stereocenters. The summed E-state index contributed by atoms with van der Waals surface area (Å²) in [6.45, 7) is 8.25. The van der Waals surface area contributed by atoms with Crippen molar-refractivity contribution in [3.63, 3.8) is 0 Å². The van der Waals surface area contributed by atoms with E-state index in [0.717, 1.165) is 16.9 Å². The highest BCUT2D eigenvalue weighted by Crippen LogP contribution is 2.26. The number of anilines is 2. The zero-order valence-corrected chi connectivity index (χ0v) is 11.1. The lowest BCUT2D eigenvalue weighted by Gasteiger charge is -2.15. The third kappa shape index (κ3) is 4.10. The Hall–Kier alpha value is -1.51. The summed E-state index contributed by atoms with van der Waals surface area (Å²) in [5.41, 5.74) is 8.46. The Kier molecular flexibility index (Phi) is 4.55. The molecule has 0 aromatic heterocycles. The average Bonchev–Trinajstić information content (AvgIpc) is 2.19. The zero-order chi connectivity index (χ0) is 13.0. The molecule has 0 aliphatic rings. The van der Waals surface area contributed by atoms with Crippen LogP contribution in [0, 0.1) is 5.92 Å². The number of nitrogen functional groups attached to an aromatic ring is 1. The monoisotopic (exact) mass is 234 g/mol. The van der Waals surface area contributed by atoms with Crippen molar-refractivity contribution in [3.8, 4) is 0 Å². The van der Waals surface area contributed by atoms with Gasteiger partial charge >= 0.3 is 0 Å². The third-order valence-electron chi connectivity index (χ3n) is 2.57. The van der Waals surface area contributed by atoms with Gasteiger partial charge in [-0.1, -0.05) is 27.7 Å². The van der Waals surface area contributed by atoms with Crippen LogP contribution in [0.3, 0.4) is 0 Å². The number of carbonyl (C=O) groups is 1. The highest BCUT2D eigenvalue weighted by atomic mass is 16.1. The van der Waals surface area contributed by atoms with Gasteiger partial charge in [0.05, 0.1) is 0 Å². The first-order valence-corrected chi connectivity index (χ1v) is 6.09. The van der Waals surface area contributed by atoms with Crippen LogP contribution in [-0.4, -0.2) is 5.91 Å². The van der Waals surface area contributed by atoms with Gasteiger partial charge in [0.1, 0.15) is 0 Å². The first-order valence-electron chi connectivity index (χ1n) is 6.09. The van der Waals surface area contributed by atoms with Crippen molar-refractivity contribution in [2.45, 2.75) is 40.0 Å². The summed E-state index contributed by atoms with van der Waals surface area (Å²) in [5, 5.41) is 2.96. The van der Waals surface area contributed by atoms with Crippen LogP contribution in [-0.2, 0) is 4.79 Å². The largest absolute Gasteiger partial charge is 0.399 e. The van der Waals surface area contributed by atoms with Crippen molar-refractivity contribution < 1.29 is 4.79 Å². The number of benzene rings is 1. The minimum atomic E-state index is 0.0617. The first kappa shape index (κ1) is 13.6. The lowest BCUT2D eigenvalue weighted by Crippen LogP contribution is -2.15. The number of rotatable bonds is 4. The Balaban J connectivity index is 2.87. The Labute approximate surface area is 103 Å². The second-order valence-corrected chi connectivity index (χ2v) is 5.15. The standard InChI is InChI=1S/C14H22N2O/c1-9(2)7-14(17)16-13-6-5-11(15)8-12(13)10(3)4/h5-6,8-10H,7,15H2,1-4H3,(H,16,17). The van der Waals surface area contributed by atoms with E-state index >= 15 is 0 Å². The predicted molar refractivity (Wildman–Crippen MR) is 73.0 cm³/mol. The molecule has 0 heterocycles. The molecule has 17 heavy (non-hydrogen) atoms. The third-order valence-corrected chi connectivity index (χ3v) is 2.57. The molecule has 0 aliphatic heterocycles.